The van der Waals surface area contributed by atoms with Crippen LogP contribution in [0.5, 0.6) is 0 Å². The minimum atomic E-state index is -4.02. The SMILES string of the molecule is CC(C)S(=O)(=O)C(C(=O)NCC(=O)NC1CC1)c1nc2cc(-c3ccc(F)nc3)c(F)cc2s1. The molecular weight excluding hydrogens is 486 g/mol. The number of pyridine rings is 1. The van der Waals surface area contributed by atoms with Crippen molar-refractivity contribution in [1.29, 1.82) is 0 Å². The van der Waals surface area contributed by atoms with Crippen LogP contribution >= 0.6 is 11.3 Å². The minimum absolute atomic E-state index is 0.0300. The van der Waals surface area contributed by atoms with Gasteiger partial charge >= 0.3 is 0 Å². The first-order valence-corrected chi connectivity index (χ1v) is 13.0. The first kappa shape index (κ1) is 24.1. The largest absolute Gasteiger partial charge is 0.352 e. The van der Waals surface area contributed by atoms with Crippen molar-refractivity contribution in [3.63, 3.8) is 0 Å². The zero-order valence-electron chi connectivity index (χ0n) is 18.3. The van der Waals surface area contributed by atoms with Crippen molar-refractivity contribution in [2.24, 2.45) is 0 Å². The molecule has 2 aromatic heterocycles. The molecule has 8 nitrogen and oxygen atoms in total. The molecule has 4 rings (SSSR count). The Morgan fingerprint density at radius 1 is 1.21 bits per heavy atom. The zero-order chi connectivity index (χ0) is 24.6. The molecule has 0 spiro atoms. The molecule has 1 aliphatic carbocycles. The number of halogens is 2. The van der Waals surface area contributed by atoms with Gasteiger partial charge in [-0.1, -0.05) is 0 Å². The van der Waals surface area contributed by atoms with Gasteiger partial charge in [-0.15, -0.1) is 11.3 Å². The average Bonchev–Trinajstić information content (AvgIpc) is 3.49. The Labute approximate surface area is 198 Å². The number of aromatic nitrogens is 2. The number of rotatable bonds is 8. The van der Waals surface area contributed by atoms with E-state index in [0.717, 1.165) is 30.2 Å². The Morgan fingerprint density at radius 2 is 1.94 bits per heavy atom. The highest BCUT2D eigenvalue weighted by molar-refractivity contribution is 7.93. The number of thiazole rings is 1. The summed E-state index contributed by atoms with van der Waals surface area (Å²) in [6, 6.07) is 5.16. The second-order valence-electron chi connectivity index (χ2n) is 8.30. The maximum Gasteiger partial charge on any atom is 0.245 e. The third kappa shape index (κ3) is 5.07. The van der Waals surface area contributed by atoms with Gasteiger partial charge in [-0.3, -0.25) is 9.59 Å². The molecule has 1 atom stereocenters. The summed E-state index contributed by atoms with van der Waals surface area (Å²) in [5.74, 6) is -2.61. The molecule has 1 aromatic carbocycles. The summed E-state index contributed by atoms with van der Waals surface area (Å²) >= 11 is 0.886. The van der Waals surface area contributed by atoms with Crippen molar-refractivity contribution in [3.8, 4) is 11.1 Å². The van der Waals surface area contributed by atoms with Gasteiger partial charge in [-0.25, -0.2) is 22.8 Å². The van der Waals surface area contributed by atoms with Crippen LogP contribution < -0.4 is 10.6 Å². The molecule has 0 bridgehead atoms. The van der Waals surface area contributed by atoms with Crippen molar-refractivity contribution in [1.82, 2.24) is 20.6 Å². The highest BCUT2D eigenvalue weighted by Gasteiger charge is 2.39. The number of carbonyl (C=O) groups excluding carboxylic acids is 2. The van der Waals surface area contributed by atoms with Crippen LogP contribution in [-0.2, 0) is 19.4 Å². The number of benzene rings is 1. The van der Waals surface area contributed by atoms with E-state index in [1.807, 2.05) is 0 Å². The molecule has 2 amide bonds. The van der Waals surface area contributed by atoms with E-state index in [2.05, 4.69) is 20.6 Å². The number of amides is 2. The Bertz CT molecular complexity index is 1350. The van der Waals surface area contributed by atoms with Crippen LogP contribution in [0.25, 0.3) is 21.3 Å². The molecule has 0 radical (unpaired) electrons. The third-order valence-corrected chi connectivity index (χ3v) is 8.99. The fraction of sp³-hybridized carbons (Fsp3) is 0.364. The Kier molecular flexibility index (Phi) is 6.63. The molecule has 180 valence electrons. The fourth-order valence-corrected chi connectivity index (χ4v) is 6.04. The van der Waals surface area contributed by atoms with E-state index in [1.54, 1.807) is 0 Å². The van der Waals surface area contributed by atoms with Gasteiger partial charge in [-0.05, 0) is 51.0 Å². The predicted octanol–water partition coefficient (Wildman–Crippen LogP) is 2.90. The van der Waals surface area contributed by atoms with E-state index >= 15 is 0 Å². The number of nitrogens with one attached hydrogen (secondary N) is 2. The number of carbonyl (C=O) groups is 2. The van der Waals surface area contributed by atoms with Crippen LogP contribution in [0.4, 0.5) is 8.78 Å². The Balaban J connectivity index is 1.68. The summed E-state index contributed by atoms with van der Waals surface area (Å²) in [5.41, 5.74) is 0.714. The summed E-state index contributed by atoms with van der Waals surface area (Å²) in [6.07, 6.45) is 2.93. The summed E-state index contributed by atoms with van der Waals surface area (Å²) in [6.45, 7) is 2.53. The van der Waals surface area contributed by atoms with E-state index in [-0.39, 0.29) is 28.7 Å². The van der Waals surface area contributed by atoms with E-state index in [4.69, 9.17) is 0 Å². The Hall–Kier alpha value is -2.99. The van der Waals surface area contributed by atoms with Crippen LogP contribution in [0.1, 0.15) is 36.9 Å². The van der Waals surface area contributed by atoms with Crippen LogP contribution in [0.15, 0.2) is 30.5 Å². The van der Waals surface area contributed by atoms with E-state index in [0.29, 0.717) is 10.3 Å². The molecule has 12 heteroatoms. The zero-order valence-corrected chi connectivity index (χ0v) is 20.0. The van der Waals surface area contributed by atoms with Gasteiger partial charge < -0.3 is 10.6 Å². The van der Waals surface area contributed by atoms with Crippen LogP contribution in [0, 0.1) is 11.8 Å². The van der Waals surface area contributed by atoms with Crippen molar-refractivity contribution < 1.29 is 26.8 Å². The van der Waals surface area contributed by atoms with Gasteiger partial charge in [0.25, 0.3) is 0 Å². The van der Waals surface area contributed by atoms with Gasteiger partial charge in [-0.2, -0.15) is 4.39 Å². The molecule has 1 aliphatic rings. The molecule has 2 heterocycles. The van der Waals surface area contributed by atoms with Gasteiger partial charge in [0.2, 0.25) is 17.8 Å². The molecule has 1 saturated carbocycles. The smallest absolute Gasteiger partial charge is 0.245 e. The van der Waals surface area contributed by atoms with Crippen LogP contribution in [0.2, 0.25) is 0 Å². The topological polar surface area (TPSA) is 118 Å². The number of hydrogen-bond donors (Lipinski definition) is 2. The third-order valence-electron chi connectivity index (χ3n) is 5.35. The quantitative estimate of drug-likeness (QED) is 0.452. The molecule has 2 N–H and O–H groups in total. The number of sulfone groups is 1. The first-order valence-electron chi connectivity index (χ1n) is 10.6. The molecule has 1 unspecified atom stereocenters. The lowest BCUT2D eigenvalue weighted by molar-refractivity contribution is -0.126. The molecule has 0 aliphatic heterocycles. The first-order chi connectivity index (χ1) is 16.1. The number of fused-ring (bicyclic) bond motifs is 1. The highest BCUT2D eigenvalue weighted by atomic mass is 32.2. The normalized spacial score (nSPS) is 14.9. The van der Waals surface area contributed by atoms with Crippen molar-refractivity contribution in [2.75, 3.05) is 6.54 Å². The highest BCUT2D eigenvalue weighted by Crippen LogP contribution is 2.36. The van der Waals surface area contributed by atoms with Crippen molar-refractivity contribution >= 4 is 43.2 Å². The second-order valence-corrected chi connectivity index (χ2v) is 12.0. The Morgan fingerprint density at radius 3 is 2.56 bits per heavy atom. The van der Waals surface area contributed by atoms with Crippen molar-refractivity contribution in [2.45, 2.75) is 43.2 Å². The average molecular weight is 509 g/mol. The number of nitrogens with zero attached hydrogens (tertiary/aromatic N) is 2. The number of hydrogen-bond acceptors (Lipinski definition) is 7. The lowest BCUT2D eigenvalue weighted by Crippen LogP contribution is -2.42. The molecule has 34 heavy (non-hydrogen) atoms. The second kappa shape index (κ2) is 9.34. The van der Waals surface area contributed by atoms with Crippen LogP contribution in [-0.4, -0.2) is 48.0 Å². The summed E-state index contributed by atoms with van der Waals surface area (Å²) < 4.78 is 54.4. The molecule has 3 aromatic rings. The van der Waals surface area contributed by atoms with Gasteiger partial charge in [0.05, 0.1) is 22.0 Å². The van der Waals surface area contributed by atoms with E-state index in [9.17, 15) is 26.8 Å². The standard InChI is InChI=1S/C22H22F2N4O4S2/c1-11(2)34(31,32)20(21(30)26-10-19(29)27-13-4-5-13)22-28-16-7-14(15(23)8-17(16)33-22)12-3-6-18(24)25-9-12/h3,6-9,11,13,20H,4-5,10H2,1-2H3,(H,26,30)(H,27,29). The van der Waals surface area contributed by atoms with Crippen LogP contribution in [0.3, 0.4) is 0 Å². The van der Waals surface area contributed by atoms with E-state index < -0.39 is 43.9 Å². The van der Waals surface area contributed by atoms with Gasteiger partial charge in [0.15, 0.2) is 15.1 Å². The van der Waals surface area contributed by atoms with Gasteiger partial charge in [0.1, 0.15) is 10.8 Å². The summed E-state index contributed by atoms with van der Waals surface area (Å²) in [4.78, 5) is 32.8. The maximum atomic E-state index is 14.8. The van der Waals surface area contributed by atoms with Crippen molar-refractivity contribution in [3.05, 3.63) is 47.2 Å². The van der Waals surface area contributed by atoms with E-state index in [1.165, 1.54) is 38.2 Å². The predicted molar refractivity (Wildman–Crippen MR) is 124 cm³/mol. The summed E-state index contributed by atoms with van der Waals surface area (Å²) in [5, 5.41) is 2.53. The van der Waals surface area contributed by atoms with Gasteiger partial charge in [0, 0.05) is 23.4 Å². The molecule has 0 saturated heterocycles. The fourth-order valence-electron chi connectivity index (χ4n) is 3.28. The lowest BCUT2D eigenvalue weighted by Gasteiger charge is -2.17. The molecule has 1 fully saturated rings. The molecular formula is C22H22F2N4O4S2. The lowest BCUT2D eigenvalue weighted by atomic mass is 10.1. The monoisotopic (exact) mass is 508 g/mol. The maximum absolute atomic E-state index is 14.8. The minimum Gasteiger partial charge on any atom is -0.352 e. The summed E-state index contributed by atoms with van der Waals surface area (Å²) in [7, 11) is -4.02.